The van der Waals surface area contributed by atoms with E-state index in [9.17, 15) is 14.4 Å². The Labute approximate surface area is 100.0 Å². The molecule has 0 fully saturated rings. The molecule has 17 heavy (non-hydrogen) atoms. The first-order chi connectivity index (χ1) is 7.63. The number of likely N-dealkylation sites (N-methyl/N-ethyl adjacent to an activating group) is 1. The number of nitrogens with one attached hydrogen (secondary N) is 1. The summed E-state index contributed by atoms with van der Waals surface area (Å²) in [4.78, 5) is 34.6. The number of nitrogens with zero attached hydrogens (tertiary/aromatic N) is 1. The molecule has 0 rings (SSSR count). The van der Waals surface area contributed by atoms with Gasteiger partial charge in [-0.15, -0.1) is 0 Å². The Kier molecular flexibility index (Phi) is 4.93. The second kappa shape index (κ2) is 5.51. The summed E-state index contributed by atoms with van der Waals surface area (Å²) in [5.74, 6) is -1.79. The van der Waals surface area contributed by atoms with Crippen LogP contribution in [0, 0.1) is 0 Å². The second-order valence-corrected chi connectivity index (χ2v) is 4.29. The van der Waals surface area contributed by atoms with E-state index in [-0.39, 0.29) is 6.42 Å². The van der Waals surface area contributed by atoms with Crippen LogP contribution in [-0.4, -0.2) is 46.5 Å². The molecular weight excluding hydrogens is 226 g/mol. The van der Waals surface area contributed by atoms with E-state index in [1.807, 2.05) is 0 Å². The van der Waals surface area contributed by atoms with Crippen LogP contribution in [0.25, 0.3) is 0 Å². The molecular formula is C10H19N3O4. The minimum Gasteiger partial charge on any atom is -0.480 e. The lowest BCUT2D eigenvalue weighted by atomic mass is 10.1. The highest BCUT2D eigenvalue weighted by atomic mass is 16.4. The monoisotopic (exact) mass is 245 g/mol. The highest BCUT2D eigenvalue weighted by Crippen LogP contribution is 2.06. The summed E-state index contributed by atoms with van der Waals surface area (Å²) in [6, 6.07) is -1.58. The Morgan fingerprint density at radius 2 is 1.88 bits per heavy atom. The van der Waals surface area contributed by atoms with E-state index in [1.165, 1.54) is 20.9 Å². The zero-order valence-corrected chi connectivity index (χ0v) is 10.5. The van der Waals surface area contributed by atoms with Crippen LogP contribution >= 0.6 is 0 Å². The molecule has 0 aliphatic carbocycles. The fourth-order valence-corrected chi connectivity index (χ4v) is 1.17. The van der Waals surface area contributed by atoms with E-state index in [4.69, 9.17) is 10.8 Å². The summed E-state index contributed by atoms with van der Waals surface area (Å²) in [6.07, 6.45) is 0.274. The van der Waals surface area contributed by atoms with Crippen LogP contribution in [0.3, 0.4) is 0 Å². The molecule has 0 aliphatic rings. The van der Waals surface area contributed by atoms with Gasteiger partial charge in [-0.1, -0.05) is 6.92 Å². The molecule has 0 aromatic carbocycles. The molecule has 0 aromatic rings. The van der Waals surface area contributed by atoms with Crippen LogP contribution in [0.4, 0.5) is 4.79 Å². The molecule has 98 valence electrons. The third-order valence-electron chi connectivity index (χ3n) is 2.50. The van der Waals surface area contributed by atoms with Crippen molar-refractivity contribution in [2.75, 3.05) is 7.05 Å². The Morgan fingerprint density at radius 3 is 2.18 bits per heavy atom. The lowest BCUT2D eigenvalue weighted by Crippen LogP contribution is -2.58. The van der Waals surface area contributed by atoms with Crippen molar-refractivity contribution in [1.82, 2.24) is 10.2 Å². The van der Waals surface area contributed by atoms with Crippen molar-refractivity contribution in [1.29, 1.82) is 0 Å². The van der Waals surface area contributed by atoms with Crippen LogP contribution in [0.1, 0.15) is 27.2 Å². The van der Waals surface area contributed by atoms with E-state index in [0.29, 0.717) is 0 Å². The van der Waals surface area contributed by atoms with Crippen molar-refractivity contribution in [3.05, 3.63) is 0 Å². The number of urea groups is 1. The fourth-order valence-electron chi connectivity index (χ4n) is 1.17. The number of carboxylic acids is 1. The van der Waals surface area contributed by atoms with Gasteiger partial charge < -0.3 is 21.1 Å². The number of hydrogen-bond acceptors (Lipinski definition) is 3. The van der Waals surface area contributed by atoms with Gasteiger partial charge in [0.05, 0.1) is 0 Å². The molecule has 0 aromatic heterocycles. The minimum atomic E-state index is -1.22. The number of nitrogens with two attached hydrogens (primary N) is 1. The lowest BCUT2D eigenvalue weighted by molar-refractivity contribution is -0.141. The molecule has 0 aliphatic heterocycles. The van der Waals surface area contributed by atoms with Crippen LogP contribution in [0.5, 0.6) is 0 Å². The predicted octanol–water partition coefficient (Wildman–Crippen LogP) is -0.245. The third kappa shape index (κ3) is 3.93. The molecule has 0 saturated carbocycles. The van der Waals surface area contributed by atoms with Gasteiger partial charge in [0.25, 0.3) is 0 Å². The Bertz CT molecular complexity index is 328. The topological polar surface area (TPSA) is 113 Å². The number of carbonyl (C=O) groups excluding carboxylic acids is 2. The maximum Gasteiger partial charge on any atom is 0.326 e. The standard InChI is InChI=1S/C10H19N3O4/c1-5-6(7(14)15)13(4)9(17)12-10(2,3)8(11)16/h6H,5H2,1-4H3,(H2,11,16)(H,12,17)(H,14,15). The first kappa shape index (κ1) is 15.2. The molecule has 4 N–H and O–H groups in total. The SMILES string of the molecule is CCC(C(=O)O)N(C)C(=O)NC(C)(C)C(N)=O. The smallest absolute Gasteiger partial charge is 0.326 e. The highest BCUT2D eigenvalue weighted by molar-refractivity contribution is 5.90. The zero-order chi connectivity index (χ0) is 13.8. The summed E-state index contributed by atoms with van der Waals surface area (Å²) in [7, 11) is 1.36. The van der Waals surface area contributed by atoms with Crippen LogP contribution in [0.2, 0.25) is 0 Å². The van der Waals surface area contributed by atoms with Crippen molar-refractivity contribution in [3.63, 3.8) is 0 Å². The number of amides is 3. The van der Waals surface area contributed by atoms with Crippen molar-refractivity contribution in [2.45, 2.75) is 38.8 Å². The number of carboxylic acid groups (broad SMARTS) is 1. The Hall–Kier alpha value is -1.79. The summed E-state index contributed by atoms with van der Waals surface area (Å²) in [5.41, 5.74) is 3.88. The number of rotatable bonds is 5. The maximum absolute atomic E-state index is 11.7. The Morgan fingerprint density at radius 1 is 1.41 bits per heavy atom. The predicted molar refractivity (Wildman–Crippen MR) is 61.3 cm³/mol. The number of hydrogen-bond donors (Lipinski definition) is 3. The van der Waals surface area contributed by atoms with E-state index in [1.54, 1.807) is 6.92 Å². The molecule has 3 amide bonds. The summed E-state index contributed by atoms with van der Waals surface area (Å²) in [5, 5.41) is 11.3. The molecule has 1 atom stereocenters. The molecule has 0 bridgehead atoms. The normalized spacial score (nSPS) is 12.7. The van der Waals surface area contributed by atoms with E-state index in [0.717, 1.165) is 4.90 Å². The average Bonchev–Trinajstić information content (AvgIpc) is 2.16. The van der Waals surface area contributed by atoms with Crippen molar-refractivity contribution in [2.24, 2.45) is 5.73 Å². The van der Waals surface area contributed by atoms with Crippen molar-refractivity contribution < 1.29 is 19.5 Å². The van der Waals surface area contributed by atoms with Gasteiger partial charge >= 0.3 is 12.0 Å². The van der Waals surface area contributed by atoms with E-state index < -0.39 is 29.5 Å². The molecule has 7 heteroatoms. The van der Waals surface area contributed by atoms with Gasteiger partial charge in [0, 0.05) is 7.05 Å². The van der Waals surface area contributed by atoms with Crippen molar-refractivity contribution in [3.8, 4) is 0 Å². The molecule has 7 nitrogen and oxygen atoms in total. The number of carbonyl (C=O) groups is 3. The molecule has 0 radical (unpaired) electrons. The maximum atomic E-state index is 11.7. The molecule has 0 saturated heterocycles. The van der Waals surface area contributed by atoms with E-state index in [2.05, 4.69) is 5.32 Å². The highest BCUT2D eigenvalue weighted by Gasteiger charge is 2.31. The van der Waals surface area contributed by atoms with Gasteiger partial charge in [-0.3, -0.25) is 4.79 Å². The largest absolute Gasteiger partial charge is 0.480 e. The first-order valence-electron chi connectivity index (χ1n) is 5.21. The van der Waals surface area contributed by atoms with Gasteiger partial charge in [-0.2, -0.15) is 0 Å². The van der Waals surface area contributed by atoms with Gasteiger partial charge in [-0.25, -0.2) is 9.59 Å². The summed E-state index contributed by atoms with van der Waals surface area (Å²) < 4.78 is 0. The summed E-state index contributed by atoms with van der Waals surface area (Å²) in [6.45, 7) is 4.55. The quantitative estimate of drug-likeness (QED) is 0.620. The van der Waals surface area contributed by atoms with E-state index >= 15 is 0 Å². The number of aliphatic carboxylic acids is 1. The average molecular weight is 245 g/mol. The van der Waals surface area contributed by atoms with Gasteiger partial charge in [-0.05, 0) is 20.3 Å². The van der Waals surface area contributed by atoms with Crippen molar-refractivity contribution >= 4 is 17.9 Å². The minimum absolute atomic E-state index is 0.274. The second-order valence-electron chi connectivity index (χ2n) is 4.29. The van der Waals surface area contributed by atoms with Crippen LogP contribution in [-0.2, 0) is 9.59 Å². The first-order valence-corrected chi connectivity index (χ1v) is 5.21. The van der Waals surface area contributed by atoms with Gasteiger partial charge in [0.15, 0.2) is 0 Å². The molecule has 1 unspecified atom stereocenters. The van der Waals surface area contributed by atoms with Gasteiger partial charge in [0.1, 0.15) is 11.6 Å². The lowest BCUT2D eigenvalue weighted by Gasteiger charge is -2.29. The fraction of sp³-hybridized carbons (Fsp3) is 0.700. The van der Waals surface area contributed by atoms with Crippen LogP contribution < -0.4 is 11.1 Å². The van der Waals surface area contributed by atoms with Gasteiger partial charge in [0.2, 0.25) is 5.91 Å². The molecule has 0 heterocycles. The Balaban J connectivity index is 4.72. The summed E-state index contributed by atoms with van der Waals surface area (Å²) >= 11 is 0. The molecule has 0 spiro atoms. The van der Waals surface area contributed by atoms with Crippen LogP contribution in [0.15, 0.2) is 0 Å². The zero-order valence-electron chi connectivity index (χ0n) is 10.5. The number of primary amides is 1. The third-order valence-corrected chi connectivity index (χ3v) is 2.50.